The topological polar surface area (TPSA) is 0 Å². The molecular formula is C14H13Br. The molecule has 1 fully saturated rings. The van der Waals surface area contributed by atoms with Crippen LogP contribution < -0.4 is 0 Å². The molecule has 15 heavy (non-hydrogen) atoms. The molecule has 76 valence electrons. The fourth-order valence-electron chi connectivity index (χ4n) is 3.89. The molecule has 0 N–H and O–H groups in total. The fraction of sp³-hybridized carbons (Fsp3) is 0.429. The molecule has 1 saturated carbocycles. The van der Waals surface area contributed by atoms with Gasteiger partial charge in [-0.2, -0.15) is 0 Å². The average Bonchev–Trinajstić information content (AvgIpc) is 2.86. The minimum absolute atomic E-state index is 0.380. The maximum atomic E-state index is 3.92. The Hall–Kier alpha value is -0.560. The van der Waals surface area contributed by atoms with E-state index in [2.05, 4.69) is 59.3 Å². The molecule has 0 spiro atoms. The molecule has 1 aromatic carbocycles. The van der Waals surface area contributed by atoms with E-state index in [1.165, 1.54) is 0 Å². The van der Waals surface area contributed by atoms with Gasteiger partial charge in [-0.25, -0.2) is 0 Å². The maximum Gasteiger partial charge on any atom is 0.0310 e. The van der Waals surface area contributed by atoms with Crippen LogP contribution in [-0.2, 0) is 0 Å². The molecule has 1 unspecified atom stereocenters. The van der Waals surface area contributed by atoms with E-state index >= 15 is 0 Å². The van der Waals surface area contributed by atoms with Crippen molar-refractivity contribution in [1.29, 1.82) is 0 Å². The van der Waals surface area contributed by atoms with E-state index in [9.17, 15) is 0 Å². The molecule has 0 heterocycles. The minimum Gasteiger partial charge on any atom is -0.0849 e. The molecule has 4 aliphatic carbocycles. The smallest absolute Gasteiger partial charge is 0.0310 e. The van der Waals surface area contributed by atoms with E-state index in [0.29, 0.717) is 16.2 Å². The van der Waals surface area contributed by atoms with Crippen molar-refractivity contribution in [2.24, 2.45) is 11.8 Å². The number of alkyl halides is 1. The standard InChI is InChI=1S/C14H13Br/c1-14(15)12-10-6-7-11(13(12)14)9-5-3-2-4-8(9)10/h2-7,10-13H,1H3/t10-,11+,12+,13-,14?. The van der Waals surface area contributed by atoms with Gasteiger partial charge < -0.3 is 0 Å². The van der Waals surface area contributed by atoms with Crippen LogP contribution in [-0.4, -0.2) is 4.32 Å². The summed E-state index contributed by atoms with van der Waals surface area (Å²) < 4.78 is 0.380. The van der Waals surface area contributed by atoms with Gasteiger partial charge in [0.05, 0.1) is 0 Å². The van der Waals surface area contributed by atoms with Crippen molar-refractivity contribution < 1.29 is 0 Å². The summed E-state index contributed by atoms with van der Waals surface area (Å²) in [5, 5.41) is 0. The van der Waals surface area contributed by atoms with E-state index in [-0.39, 0.29) is 0 Å². The fourth-order valence-corrected chi connectivity index (χ4v) is 4.89. The number of benzene rings is 1. The summed E-state index contributed by atoms with van der Waals surface area (Å²) >= 11 is 3.92. The highest BCUT2D eigenvalue weighted by molar-refractivity contribution is 9.10. The Morgan fingerprint density at radius 1 is 1.00 bits per heavy atom. The average molecular weight is 261 g/mol. The molecule has 0 aliphatic heterocycles. The summed E-state index contributed by atoms with van der Waals surface area (Å²) in [6.07, 6.45) is 4.86. The van der Waals surface area contributed by atoms with Crippen molar-refractivity contribution in [2.45, 2.75) is 23.1 Å². The predicted octanol–water partition coefficient (Wildman–Crippen LogP) is 3.84. The largest absolute Gasteiger partial charge is 0.0849 e. The molecule has 4 aliphatic rings. The zero-order valence-corrected chi connectivity index (χ0v) is 10.2. The van der Waals surface area contributed by atoms with Crippen LogP contribution in [0.4, 0.5) is 0 Å². The van der Waals surface area contributed by atoms with E-state index in [0.717, 1.165) is 11.8 Å². The summed E-state index contributed by atoms with van der Waals surface area (Å²) in [5.74, 6) is 3.01. The summed E-state index contributed by atoms with van der Waals surface area (Å²) in [7, 11) is 0. The second-order valence-corrected chi connectivity index (χ2v) is 6.98. The first-order chi connectivity index (χ1) is 7.21. The van der Waals surface area contributed by atoms with Gasteiger partial charge in [0, 0.05) is 16.2 Å². The molecule has 0 amide bonds. The van der Waals surface area contributed by atoms with Gasteiger partial charge in [0.25, 0.3) is 0 Å². The number of hydrogen-bond acceptors (Lipinski definition) is 0. The number of allylic oxidation sites excluding steroid dienone is 2. The Balaban J connectivity index is 1.95. The van der Waals surface area contributed by atoms with Crippen molar-refractivity contribution in [3.63, 3.8) is 0 Å². The highest BCUT2D eigenvalue weighted by Crippen LogP contribution is 2.73. The molecule has 5 rings (SSSR count). The quantitative estimate of drug-likeness (QED) is 0.491. The third-order valence-corrected chi connectivity index (χ3v) is 5.65. The Bertz CT molecular complexity index is 431. The highest BCUT2D eigenvalue weighted by atomic mass is 79.9. The first kappa shape index (κ1) is 8.58. The third kappa shape index (κ3) is 0.852. The summed E-state index contributed by atoms with van der Waals surface area (Å²) in [5.41, 5.74) is 3.16. The van der Waals surface area contributed by atoms with E-state index in [1.54, 1.807) is 11.1 Å². The highest BCUT2D eigenvalue weighted by Gasteiger charge is 2.68. The van der Waals surface area contributed by atoms with Crippen LogP contribution in [0.25, 0.3) is 0 Å². The van der Waals surface area contributed by atoms with Gasteiger partial charge in [-0.3, -0.25) is 0 Å². The van der Waals surface area contributed by atoms with Crippen molar-refractivity contribution in [1.82, 2.24) is 0 Å². The van der Waals surface area contributed by atoms with E-state index < -0.39 is 0 Å². The molecule has 1 aromatic rings. The first-order valence-electron chi connectivity index (χ1n) is 5.67. The normalized spacial score (nSPS) is 48.7. The van der Waals surface area contributed by atoms with Gasteiger partial charge in [0.2, 0.25) is 0 Å². The van der Waals surface area contributed by atoms with Crippen LogP contribution in [0.5, 0.6) is 0 Å². The Morgan fingerprint density at radius 3 is 1.93 bits per heavy atom. The van der Waals surface area contributed by atoms with Gasteiger partial charge >= 0.3 is 0 Å². The molecule has 0 saturated heterocycles. The van der Waals surface area contributed by atoms with Gasteiger partial charge in [-0.1, -0.05) is 52.3 Å². The molecule has 0 nitrogen and oxygen atoms in total. The monoisotopic (exact) mass is 260 g/mol. The lowest BCUT2D eigenvalue weighted by Crippen LogP contribution is -2.19. The SMILES string of the molecule is CC1(Br)[C@@H]2[C@H]1[C@H]1C=C[C@@H]2c2ccccc21. The molecule has 5 atom stereocenters. The number of hydrogen-bond donors (Lipinski definition) is 0. The van der Waals surface area contributed by atoms with Gasteiger partial charge in [0.15, 0.2) is 0 Å². The van der Waals surface area contributed by atoms with Crippen LogP contribution in [0.3, 0.4) is 0 Å². The van der Waals surface area contributed by atoms with Gasteiger partial charge in [-0.15, -0.1) is 0 Å². The lowest BCUT2D eigenvalue weighted by Gasteiger charge is -2.32. The predicted molar refractivity (Wildman–Crippen MR) is 65.4 cm³/mol. The number of rotatable bonds is 0. The maximum absolute atomic E-state index is 3.92. The number of halogens is 1. The van der Waals surface area contributed by atoms with Crippen molar-refractivity contribution in [2.75, 3.05) is 0 Å². The van der Waals surface area contributed by atoms with Gasteiger partial charge in [0.1, 0.15) is 0 Å². The van der Waals surface area contributed by atoms with E-state index in [4.69, 9.17) is 0 Å². The molecule has 1 heteroatoms. The summed E-state index contributed by atoms with van der Waals surface area (Å²) in [6, 6.07) is 8.98. The molecule has 0 radical (unpaired) electrons. The summed E-state index contributed by atoms with van der Waals surface area (Å²) in [6.45, 7) is 2.36. The van der Waals surface area contributed by atoms with Gasteiger partial charge in [-0.05, 0) is 29.9 Å². The second kappa shape index (κ2) is 2.40. The lowest BCUT2D eigenvalue weighted by molar-refractivity contribution is 0.523. The van der Waals surface area contributed by atoms with Crippen LogP contribution in [0, 0.1) is 11.8 Å². The first-order valence-corrected chi connectivity index (χ1v) is 6.46. The summed E-state index contributed by atoms with van der Waals surface area (Å²) in [4.78, 5) is 0. The Labute approximate surface area is 98.5 Å². The van der Waals surface area contributed by atoms with Crippen molar-refractivity contribution in [3.05, 3.63) is 47.5 Å². The zero-order valence-electron chi connectivity index (χ0n) is 8.65. The zero-order chi connectivity index (χ0) is 10.2. The van der Waals surface area contributed by atoms with Crippen molar-refractivity contribution in [3.8, 4) is 0 Å². The second-order valence-electron chi connectivity index (χ2n) is 5.27. The van der Waals surface area contributed by atoms with Crippen LogP contribution in [0.2, 0.25) is 0 Å². The van der Waals surface area contributed by atoms with Crippen LogP contribution in [0.1, 0.15) is 29.9 Å². The van der Waals surface area contributed by atoms with Crippen LogP contribution >= 0.6 is 15.9 Å². The molecule has 0 aromatic heterocycles. The Morgan fingerprint density at radius 2 is 1.47 bits per heavy atom. The lowest BCUT2D eigenvalue weighted by atomic mass is 9.72. The van der Waals surface area contributed by atoms with E-state index in [1.807, 2.05) is 0 Å². The minimum atomic E-state index is 0.380. The molecule has 2 bridgehead atoms. The van der Waals surface area contributed by atoms with Crippen molar-refractivity contribution >= 4 is 15.9 Å². The van der Waals surface area contributed by atoms with Crippen LogP contribution in [0.15, 0.2) is 36.4 Å². The Kier molecular flexibility index (Phi) is 1.37. The molecular weight excluding hydrogens is 248 g/mol. The third-order valence-electron chi connectivity index (χ3n) is 4.60.